The van der Waals surface area contributed by atoms with E-state index in [4.69, 9.17) is 17.3 Å². The van der Waals surface area contributed by atoms with Gasteiger partial charge in [-0.15, -0.1) is 0 Å². The highest BCUT2D eigenvalue weighted by molar-refractivity contribution is 6.33. The average Bonchev–Trinajstić information content (AvgIpc) is 2.33. The first-order valence-corrected chi connectivity index (χ1v) is 5.67. The van der Waals surface area contributed by atoms with Crippen LogP contribution in [0.1, 0.15) is 5.56 Å². The van der Waals surface area contributed by atoms with E-state index in [1.165, 1.54) is 5.56 Å². The highest BCUT2D eigenvalue weighted by atomic mass is 35.5. The van der Waals surface area contributed by atoms with Gasteiger partial charge in [0.25, 0.3) is 0 Å². The molecule has 0 aliphatic rings. The fourth-order valence-corrected chi connectivity index (χ4v) is 1.70. The molecule has 0 spiro atoms. The second-order valence-electron chi connectivity index (χ2n) is 3.64. The van der Waals surface area contributed by atoms with Crippen LogP contribution >= 0.6 is 11.6 Å². The minimum atomic E-state index is 0.538. The molecule has 0 saturated heterocycles. The van der Waals surface area contributed by atoms with E-state index in [-0.39, 0.29) is 0 Å². The van der Waals surface area contributed by atoms with E-state index >= 15 is 0 Å². The number of hydrogen-bond acceptors (Lipinski definition) is 4. The van der Waals surface area contributed by atoms with Gasteiger partial charge in [0, 0.05) is 18.9 Å². The molecule has 2 rings (SSSR count). The summed E-state index contributed by atoms with van der Waals surface area (Å²) in [5, 5.41) is 3.70. The van der Waals surface area contributed by atoms with E-state index in [9.17, 15) is 0 Å². The van der Waals surface area contributed by atoms with Crippen molar-refractivity contribution in [1.82, 2.24) is 9.97 Å². The van der Waals surface area contributed by atoms with Crippen molar-refractivity contribution in [2.45, 2.75) is 6.42 Å². The SMILES string of the molecule is Nc1cnc(NCCc2cccnc2)c(Cl)c1. The number of hydrogen-bond donors (Lipinski definition) is 2. The van der Waals surface area contributed by atoms with Crippen molar-refractivity contribution < 1.29 is 0 Å². The van der Waals surface area contributed by atoms with Crippen molar-refractivity contribution in [3.05, 3.63) is 47.4 Å². The first-order valence-electron chi connectivity index (χ1n) is 5.29. The second-order valence-corrected chi connectivity index (χ2v) is 4.04. The number of pyridine rings is 2. The summed E-state index contributed by atoms with van der Waals surface area (Å²) < 4.78 is 0. The summed E-state index contributed by atoms with van der Waals surface area (Å²) >= 11 is 5.99. The molecule has 0 amide bonds. The Morgan fingerprint density at radius 3 is 2.94 bits per heavy atom. The van der Waals surface area contributed by atoms with Gasteiger partial charge in [0.2, 0.25) is 0 Å². The molecule has 5 heteroatoms. The Hall–Kier alpha value is -1.81. The monoisotopic (exact) mass is 248 g/mol. The van der Waals surface area contributed by atoms with Gasteiger partial charge in [0.05, 0.1) is 16.9 Å². The lowest BCUT2D eigenvalue weighted by Crippen LogP contribution is -2.07. The Morgan fingerprint density at radius 1 is 1.35 bits per heavy atom. The molecule has 0 saturated carbocycles. The molecule has 17 heavy (non-hydrogen) atoms. The van der Waals surface area contributed by atoms with Gasteiger partial charge < -0.3 is 11.1 Å². The van der Waals surface area contributed by atoms with Gasteiger partial charge in [0.15, 0.2) is 0 Å². The largest absolute Gasteiger partial charge is 0.397 e. The zero-order chi connectivity index (χ0) is 12.1. The van der Waals surface area contributed by atoms with Crippen LogP contribution in [0.2, 0.25) is 5.02 Å². The zero-order valence-electron chi connectivity index (χ0n) is 9.23. The standard InChI is InChI=1S/C12H13ClN4/c13-11-6-10(14)8-17-12(11)16-5-3-9-2-1-4-15-7-9/h1-2,4,6-8H,3,5,14H2,(H,16,17). The van der Waals surface area contributed by atoms with Crippen molar-refractivity contribution in [2.24, 2.45) is 0 Å². The number of nitrogen functional groups attached to an aromatic ring is 1. The number of rotatable bonds is 4. The lowest BCUT2D eigenvalue weighted by atomic mass is 10.2. The van der Waals surface area contributed by atoms with Gasteiger partial charge in [-0.1, -0.05) is 17.7 Å². The Labute approximate surface area is 105 Å². The van der Waals surface area contributed by atoms with E-state index in [1.54, 1.807) is 18.5 Å². The van der Waals surface area contributed by atoms with Crippen LogP contribution in [0.15, 0.2) is 36.8 Å². The zero-order valence-corrected chi connectivity index (χ0v) is 9.98. The molecule has 3 N–H and O–H groups in total. The summed E-state index contributed by atoms with van der Waals surface area (Å²) in [4.78, 5) is 8.18. The number of nitrogens with two attached hydrogens (primary N) is 1. The normalized spacial score (nSPS) is 10.2. The molecule has 4 nitrogen and oxygen atoms in total. The second kappa shape index (κ2) is 5.50. The Bertz CT molecular complexity index is 487. The molecule has 0 unspecified atom stereocenters. The summed E-state index contributed by atoms with van der Waals surface area (Å²) in [5.41, 5.74) is 7.30. The number of halogens is 1. The van der Waals surface area contributed by atoms with Crippen LogP contribution in [0, 0.1) is 0 Å². The average molecular weight is 249 g/mol. The molecule has 0 fully saturated rings. The van der Waals surface area contributed by atoms with Crippen LogP contribution < -0.4 is 11.1 Å². The predicted octanol–water partition coefficient (Wildman–Crippen LogP) is 2.37. The van der Waals surface area contributed by atoms with E-state index in [0.29, 0.717) is 16.5 Å². The van der Waals surface area contributed by atoms with Crippen LogP contribution in [0.5, 0.6) is 0 Å². The first-order chi connectivity index (χ1) is 8.25. The van der Waals surface area contributed by atoms with Crippen LogP contribution in [-0.4, -0.2) is 16.5 Å². The fraction of sp³-hybridized carbons (Fsp3) is 0.167. The topological polar surface area (TPSA) is 63.8 Å². The van der Waals surface area contributed by atoms with Crippen molar-refractivity contribution in [2.75, 3.05) is 17.6 Å². The smallest absolute Gasteiger partial charge is 0.144 e. The third-order valence-corrected chi connectivity index (χ3v) is 2.58. The maximum Gasteiger partial charge on any atom is 0.144 e. The fourth-order valence-electron chi connectivity index (χ4n) is 1.45. The summed E-state index contributed by atoms with van der Waals surface area (Å²) in [7, 11) is 0. The summed E-state index contributed by atoms with van der Waals surface area (Å²) in [6.07, 6.45) is 6.06. The third-order valence-electron chi connectivity index (χ3n) is 2.29. The highest BCUT2D eigenvalue weighted by Gasteiger charge is 2.01. The van der Waals surface area contributed by atoms with Crippen molar-refractivity contribution in [3.63, 3.8) is 0 Å². The molecule has 2 heterocycles. The Kier molecular flexibility index (Phi) is 3.77. The van der Waals surface area contributed by atoms with E-state index in [0.717, 1.165) is 13.0 Å². The molecule has 0 bridgehead atoms. The molecule has 88 valence electrons. The number of aromatic nitrogens is 2. The summed E-state index contributed by atoms with van der Waals surface area (Å²) in [6, 6.07) is 5.64. The number of anilines is 2. The maximum absolute atomic E-state index is 5.99. The van der Waals surface area contributed by atoms with Crippen LogP contribution in [0.25, 0.3) is 0 Å². The van der Waals surface area contributed by atoms with Gasteiger partial charge in [-0.25, -0.2) is 4.98 Å². The number of nitrogens with zero attached hydrogens (tertiary/aromatic N) is 2. The van der Waals surface area contributed by atoms with Gasteiger partial charge in [-0.3, -0.25) is 4.98 Å². The highest BCUT2D eigenvalue weighted by Crippen LogP contribution is 2.20. The minimum absolute atomic E-state index is 0.538. The van der Waals surface area contributed by atoms with E-state index in [2.05, 4.69) is 15.3 Å². The first kappa shape index (κ1) is 11.7. The van der Waals surface area contributed by atoms with Gasteiger partial charge in [-0.2, -0.15) is 0 Å². The molecule has 0 aromatic carbocycles. The van der Waals surface area contributed by atoms with Crippen molar-refractivity contribution >= 4 is 23.1 Å². The lowest BCUT2D eigenvalue weighted by Gasteiger charge is -2.07. The Balaban J connectivity index is 1.90. The Morgan fingerprint density at radius 2 is 2.24 bits per heavy atom. The van der Waals surface area contributed by atoms with E-state index < -0.39 is 0 Å². The van der Waals surface area contributed by atoms with Crippen molar-refractivity contribution in [1.29, 1.82) is 0 Å². The maximum atomic E-state index is 5.99. The van der Waals surface area contributed by atoms with Crippen LogP contribution in [0.4, 0.5) is 11.5 Å². The minimum Gasteiger partial charge on any atom is -0.397 e. The molecular formula is C12H13ClN4. The lowest BCUT2D eigenvalue weighted by molar-refractivity contribution is 0.994. The molecule has 0 radical (unpaired) electrons. The molecule has 2 aromatic heterocycles. The molecule has 0 atom stereocenters. The quantitative estimate of drug-likeness (QED) is 0.872. The van der Waals surface area contributed by atoms with Gasteiger partial charge in [-0.05, 0) is 24.1 Å². The molecule has 2 aromatic rings. The van der Waals surface area contributed by atoms with Crippen LogP contribution in [0.3, 0.4) is 0 Å². The van der Waals surface area contributed by atoms with Crippen LogP contribution in [-0.2, 0) is 6.42 Å². The number of nitrogens with one attached hydrogen (secondary N) is 1. The molecular weight excluding hydrogens is 236 g/mol. The molecule has 0 aliphatic heterocycles. The van der Waals surface area contributed by atoms with Crippen molar-refractivity contribution in [3.8, 4) is 0 Å². The van der Waals surface area contributed by atoms with Gasteiger partial charge in [0.1, 0.15) is 5.82 Å². The summed E-state index contributed by atoms with van der Waals surface area (Å²) in [5.74, 6) is 0.657. The van der Waals surface area contributed by atoms with E-state index in [1.807, 2.05) is 18.3 Å². The predicted molar refractivity (Wildman–Crippen MR) is 70.1 cm³/mol. The third kappa shape index (κ3) is 3.32. The molecule has 0 aliphatic carbocycles. The summed E-state index contributed by atoms with van der Waals surface area (Å²) in [6.45, 7) is 0.752. The van der Waals surface area contributed by atoms with Gasteiger partial charge >= 0.3 is 0 Å².